The Balaban J connectivity index is 1.72. The summed E-state index contributed by atoms with van der Waals surface area (Å²) >= 11 is 0. The number of carbonyl (C=O) groups excluding carboxylic acids is 2. The molecular weight excluding hydrogens is 370 g/mol. The first kappa shape index (κ1) is 20.1. The summed E-state index contributed by atoms with van der Waals surface area (Å²) in [5.41, 5.74) is 1.90. The van der Waals surface area contributed by atoms with E-state index < -0.39 is 5.41 Å². The summed E-state index contributed by atoms with van der Waals surface area (Å²) in [6, 6.07) is 12.1. The Hall–Kier alpha value is -3.68. The van der Waals surface area contributed by atoms with Crippen LogP contribution in [0.15, 0.2) is 48.8 Å². The van der Waals surface area contributed by atoms with Crippen molar-refractivity contribution in [1.29, 1.82) is 0 Å². The zero-order valence-electron chi connectivity index (χ0n) is 16.7. The highest BCUT2D eigenvalue weighted by molar-refractivity contribution is 6.05. The van der Waals surface area contributed by atoms with Crippen molar-refractivity contribution in [3.8, 4) is 17.1 Å². The normalized spacial score (nSPS) is 11.0. The Kier molecular flexibility index (Phi) is 5.63. The van der Waals surface area contributed by atoms with Crippen LogP contribution >= 0.6 is 0 Å². The van der Waals surface area contributed by atoms with E-state index in [2.05, 4.69) is 25.8 Å². The van der Waals surface area contributed by atoms with Crippen LogP contribution in [0, 0.1) is 5.41 Å². The van der Waals surface area contributed by atoms with Crippen molar-refractivity contribution in [2.45, 2.75) is 20.8 Å². The third kappa shape index (κ3) is 4.78. The number of aromatic nitrogens is 3. The highest BCUT2D eigenvalue weighted by Gasteiger charge is 2.22. The minimum Gasteiger partial charge on any atom is -0.494 e. The highest BCUT2D eigenvalue weighted by atomic mass is 16.5. The summed E-state index contributed by atoms with van der Waals surface area (Å²) in [5, 5.41) is 12.3. The molecule has 0 saturated carbocycles. The lowest BCUT2D eigenvalue weighted by molar-refractivity contribution is -0.123. The topological polar surface area (TPSA) is 109 Å². The number of benzene rings is 2. The van der Waals surface area contributed by atoms with Gasteiger partial charge in [-0.25, -0.2) is 4.98 Å². The fraction of sp³-hybridized carbons (Fsp3) is 0.238. The molecule has 150 valence electrons. The maximum atomic E-state index is 12.5. The van der Waals surface area contributed by atoms with Crippen LogP contribution < -0.4 is 15.4 Å². The van der Waals surface area contributed by atoms with Gasteiger partial charge < -0.3 is 15.4 Å². The predicted octanol–water partition coefficient (Wildman–Crippen LogP) is 3.72. The number of amides is 2. The van der Waals surface area contributed by atoms with Gasteiger partial charge in [0.2, 0.25) is 5.91 Å². The Labute approximate surface area is 168 Å². The molecule has 0 aliphatic heterocycles. The van der Waals surface area contributed by atoms with E-state index in [0.717, 1.165) is 5.56 Å². The molecule has 8 nitrogen and oxygen atoms in total. The number of ether oxygens (including phenoxy) is 1. The van der Waals surface area contributed by atoms with Crippen LogP contribution in [0.5, 0.6) is 5.75 Å². The van der Waals surface area contributed by atoms with Gasteiger partial charge in [0.05, 0.1) is 12.8 Å². The summed E-state index contributed by atoms with van der Waals surface area (Å²) in [6.45, 7) is 5.49. The molecule has 0 radical (unpaired) electrons. The second-order valence-electron chi connectivity index (χ2n) is 7.48. The quantitative estimate of drug-likeness (QED) is 0.612. The Morgan fingerprint density at radius 1 is 1.03 bits per heavy atom. The van der Waals surface area contributed by atoms with Gasteiger partial charge in [0.1, 0.15) is 12.1 Å². The highest BCUT2D eigenvalue weighted by Crippen LogP contribution is 2.30. The molecule has 0 aliphatic carbocycles. The molecule has 0 fully saturated rings. The molecule has 3 aromatic rings. The summed E-state index contributed by atoms with van der Waals surface area (Å²) in [7, 11) is 1.51. The molecule has 3 rings (SSSR count). The molecule has 3 N–H and O–H groups in total. The van der Waals surface area contributed by atoms with Crippen molar-refractivity contribution >= 4 is 23.2 Å². The van der Waals surface area contributed by atoms with Gasteiger partial charge in [0, 0.05) is 28.3 Å². The smallest absolute Gasteiger partial charge is 0.255 e. The number of nitrogens with zero attached hydrogens (tertiary/aromatic N) is 2. The molecule has 0 atom stereocenters. The van der Waals surface area contributed by atoms with Crippen LogP contribution in [0.1, 0.15) is 31.1 Å². The second kappa shape index (κ2) is 8.14. The molecule has 0 spiro atoms. The fourth-order valence-electron chi connectivity index (χ4n) is 2.51. The molecular formula is C21H23N5O3. The molecule has 8 heteroatoms. The van der Waals surface area contributed by atoms with Gasteiger partial charge in [-0.15, -0.1) is 0 Å². The molecule has 0 unspecified atom stereocenters. The minimum absolute atomic E-state index is 0.126. The van der Waals surface area contributed by atoms with E-state index in [1.807, 2.05) is 20.8 Å². The molecule has 29 heavy (non-hydrogen) atoms. The number of H-pyrrole nitrogens is 1. The van der Waals surface area contributed by atoms with Gasteiger partial charge in [-0.1, -0.05) is 32.9 Å². The first-order chi connectivity index (χ1) is 13.8. The number of carbonyl (C=O) groups is 2. The predicted molar refractivity (Wildman–Crippen MR) is 111 cm³/mol. The first-order valence-corrected chi connectivity index (χ1v) is 9.04. The Morgan fingerprint density at radius 2 is 1.76 bits per heavy atom. The van der Waals surface area contributed by atoms with Crippen LogP contribution in [0.3, 0.4) is 0 Å². The van der Waals surface area contributed by atoms with E-state index in [1.165, 1.54) is 13.4 Å². The largest absolute Gasteiger partial charge is 0.494 e. The molecule has 1 heterocycles. The summed E-state index contributed by atoms with van der Waals surface area (Å²) < 4.78 is 5.36. The lowest BCUT2D eigenvalue weighted by Gasteiger charge is -2.19. The van der Waals surface area contributed by atoms with E-state index >= 15 is 0 Å². The Bertz CT molecular complexity index is 1010. The number of hydrogen-bond donors (Lipinski definition) is 3. The van der Waals surface area contributed by atoms with Gasteiger partial charge in [-0.2, -0.15) is 5.10 Å². The van der Waals surface area contributed by atoms with Crippen LogP contribution in [0.2, 0.25) is 0 Å². The van der Waals surface area contributed by atoms with E-state index in [0.29, 0.717) is 28.5 Å². The van der Waals surface area contributed by atoms with Crippen LogP contribution in [-0.4, -0.2) is 34.1 Å². The zero-order chi connectivity index (χ0) is 21.0. The van der Waals surface area contributed by atoms with Crippen molar-refractivity contribution in [2.75, 3.05) is 17.7 Å². The van der Waals surface area contributed by atoms with E-state index in [-0.39, 0.29) is 11.8 Å². The van der Waals surface area contributed by atoms with Gasteiger partial charge in [0.15, 0.2) is 5.82 Å². The number of aromatic amines is 1. The fourth-order valence-corrected chi connectivity index (χ4v) is 2.51. The summed E-state index contributed by atoms with van der Waals surface area (Å²) in [4.78, 5) is 28.8. The van der Waals surface area contributed by atoms with Crippen molar-refractivity contribution in [2.24, 2.45) is 5.41 Å². The van der Waals surface area contributed by atoms with Crippen LogP contribution in [-0.2, 0) is 4.79 Å². The number of methoxy groups -OCH3 is 1. The maximum Gasteiger partial charge on any atom is 0.255 e. The minimum atomic E-state index is -0.532. The van der Waals surface area contributed by atoms with Crippen molar-refractivity contribution in [3.05, 3.63) is 54.4 Å². The maximum absolute atomic E-state index is 12.5. The van der Waals surface area contributed by atoms with Crippen LogP contribution in [0.4, 0.5) is 11.4 Å². The molecule has 1 aromatic heterocycles. The van der Waals surface area contributed by atoms with Gasteiger partial charge >= 0.3 is 0 Å². The summed E-state index contributed by atoms with van der Waals surface area (Å²) in [6.07, 6.45) is 1.43. The molecule has 0 aliphatic rings. The van der Waals surface area contributed by atoms with Crippen molar-refractivity contribution < 1.29 is 14.3 Å². The molecule has 0 bridgehead atoms. The summed E-state index contributed by atoms with van der Waals surface area (Å²) in [5.74, 6) is 0.706. The number of nitrogens with one attached hydrogen (secondary N) is 3. The average Bonchev–Trinajstić information content (AvgIpc) is 3.23. The molecule has 2 aromatic carbocycles. The van der Waals surface area contributed by atoms with E-state index in [4.69, 9.17) is 4.74 Å². The Morgan fingerprint density at radius 3 is 2.34 bits per heavy atom. The second-order valence-corrected chi connectivity index (χ2v) is 7.48. The standard InChI is InChI=1S/C21H23N5O3/c1-21(2,3)20(28)25-16-10-9-15(11-17(16)29-4)24-19(27)14-7-5-13(6-8-14)18-22-12-23-26-18/h5-12H,1-4H3,(H,24,27)(H,25,28)(H,22,23,26). The third-order valence-electron chi connectivity index (χ3n) is 4.22. The zero-order valence-corrected chi connectivity index (χ0v) is 16.7. The SMILES string of the molecule is COc1cc(NC(=O)c2ccc(-c3ncn[nH]3)cc2)ccc1NC(=O)C(C)(C)C. The van der Waals surface area contributed by atoms with E-state index in [9.17, 15) is 9.59 Å². The molecule has 2 amide bonds. The van der Waals surface area contributed by atoms with Crippen LogP contribution in [0.25, 0.3) is 11.4 Å². The van der Waals surface area contributed by atoms with Gasteiger partial charge in [-0.3, -0.25) is 14.7 Å². The van der Waals surface area contributed by atoms with Gasteiger partial charge in [0.25, 0.3) is 5.91 Å². The number of rotatable bonds is 5. The van der Waals surface area contributed by atoms with Gasteiger partial charge in [-0.05, 0) is 24.3 Å². The average molecular weight is 393 g/mol. The third-order valence-corrected chi connectivity index (χ3v) is 4.22. The lowest BCUT2D eigenvalue weighted by atomic mass is 9.95. The van der Waals surface area contributed by atoms with Crippen molar-refractivity contribution in [1.82, 2.24) is 15.2 Å². The lowest BCUT2D eigenvalue weighted by Crippen LogP contribution is -2.27. The number of hydrogen-bond acceptors (Lipinski definition) is 5. The monoisotopic (exact) mass is 393 g/mol. The van der Waals surface area contributed by atoms with E-state index in [1.54, 1.807) is 42.5 Å². The first-order valence-electron chi connectivity index (χ1n) is 9.04. The number of anilines is 2. The van der Waals surface area contributed by atoms with Crippen molar-refractivity contribution in [3.63, 3.8) is 0 Å². The molecule has 0 saturated heterocycles.